The standard InChI is InChI=1S/C10H24N2O/c1-7-10(4,12-6)13-8-9(2,3)11-5/h11-12H,7-8H2,1-6H3. The van der Waals surface area contributed by atoms with Gasteiger partial charge in [-0.25, -0.2) is 0 Å². The Morgan fingerprint density at radius 2 is 1.62 bits per heavy atom. The van der Waals surface area contributed by atoms with Crippen LogP contribution in [0.25, 0.3) is 0 Å². The van der Waals surface area contributed by atoms with E-state index >= 15 is 0 Å². The van der Waals surface area contributed by atoms with Gasteiger partial charge in [0.1, 0.15) is 5.72 Å². The Morgan fingerprint density at radius 3 is 1.92 bits per heavy atom. The van der Waals surface area contributed by atoms with Crippen molar-refractivity contribution in [1.29, 1.82) is 0 Å². The minimum absolute atomic E-state index is 0.0350. The molecule has 0 aliphatic heterocycles. The van der Waals surface area contributed by atoms with Crippen LogP contribution < -0.4 is 10.6 Å². The Labute approximate surface area is 82.2 Å². The SMILES string of the molecule is CCC(C)(NC)OCC(C)(C)NC. The van der Waals surface area contributed by atoms with E-state index in [0.29, 0.717) is 6.61 Å². The second-order valence-corrected chi connectivity index (χ2v) is 4.26. The molecule has 2 N–H and O–H groups in total. The highest BCUT2D eigenvalue weighted by Crippen LogP contribution is 2.13. The molecular weight excluding hydrogens is 164 g/mol. The summed E-state index contributed by atoms with van der Waals surface area (Å²) in [4.78, 5) is 0. The van der Waals surface area contributed by atoms with Gasteiger partial charge in [0.15, 0.2) is 0 Å². The van der Waals surface area contributed by atoms with Crippen LogP contribution in [-0.4, -0.2) is 32.0 Å². The van der Waals surface area contributed by atoms with E-state index in [1.165, 1.54) is 0 Å². The van der Waals surface area contributed by atoms with E-state index in [1.807, 2.05) is 14.1 Å². The van der Waals surface area contributed by atoms with Gasteiger partial charge >= 0.3 is 0 Å². The third-order valence-corrected chi connectivity index (χ3v) is 2.63. The summed E-state index contributed by atoms with van der Waals surface area (Å²) in [5.41, 5.74) is -0.165. The van der Waals surface area contributed by atoms with Crippen LogP contribution >= 0.6 is 0 Å². The van der Waals surface area contributed by atoms with E-state index in [2.05, 4.69) is 38.3 Å². The van der Waals surface area contributed by atoms with Gasteiger partial charge in [0, 0.05) is 5.54 Å². The molecule has 80 valence electrons. The van der Waals surface area contributed by atoms with Crippen LogP contribution in [0.5, 0.6) is 0 Å². The highest BCUT2D eigenvalue weighted by molar-refractivity contribution is 4.77. The molecule has 0 aromatic heterocycles. The summed E-state index contributed by atoms with van der Waals surface area (Å²) in [6.07, 6.45) is 0.962. The smallest absolute Gasteiger partial charge is 0.115 e. The van der Waals surface area contributed by atoms with Crippen molar-refractivity contribution >= 4 is 0 Å². The van der Waals surface area contributed by atoms with Gasteiger partial charge in [-0.1, -0.05) is 6.92 Å². The second kappa shape index (κ2) is 4.94. The largest absolute Gasteiger partial charge is 0.359 e. The van der Waals surface area contributed by atoms with Crippen LogP contribution in [0.2, 0.25) is 0 Å². The fraction of sp³-hybridized carbons (Fsp3) is 1.00. The molecule has 3 nitrogen and oxygen atoms in total. The Bertz CT molecular complexity index is 142. The third-order valence-electron chi connectivity index (χ3n) is 2.63. The summed E-state index contributed by atoms with van der Waals surface area (Å²) in [7, 11) is 3.88. The third kappa shape index (κ3) is 4.60. The highest BCUT2D eigenvalue weighted by atomic mass is 16.5. The molecule has 1 atom stereocenters. The Kier molecular flexibility index (Phi) is 4.89. The van der Waals surface area contributed by atoms with Crippen molar-refractivity contribution in [3.05, 3.63) is 0 Å². The molecule has 0 bridgehead atoms. The molecule has 0 fully saturated rings. The zero-order chi connectivity index (χ0) is 10.5. The van der Waals surface area contributed by atoms with Crippen LogP contribution in [0.15, 0.2) is 0 Å². The molecule has 0 radical (unpaired) electrons. The van der Waals surface area contributed by atoms with E-state index in [0.717, 1.165) is 6.42 Å². The van der Waals surface area contributed by atoms with Crippen LogP contribution in [0, 0.1) is 0 Å². The minimum Gasteiger partial charge on any atom is -0.359 e. The lowest BCUT2D eigenvalue weighted by molar-refractivity contribution is -0.0739. The summed E-state index contributed by atoms with van der Waals surface area (Å²) in [5.74, 6) is 0. The molecule has 0 aliphatic rings. The first kappa shape index (κ1) is 12.9. The number of nitrogens with one attached hydrogen (secondary N) is 2. The summed E-state index contributed by atoms with van der Waals surface area (Å²) < 4.78 is 5.81. The summed E-state index contributed by atoms with van der Waals surface area (Å²) >= 11 is 0. The average molecular weight is 188 g/mol. The predicted molar refractivity (Wildman–Crippen MR) is 56.8 cm³/mol. The second-order valence-electron chi connectivity index (χ2n) is 4.26. The molecule has 0 spiro atoms. The van der Waals surface area contributed by atoms with Gasteiger partial charge < -0.3 is 10.1 Å². The molecule has 1 unspecified atom stereocenters. The van der Waals surface area contributed by atoms with Crippen molar-refractivity contribution < 1.29 is 4.74 Å². The Morgan fingerprint density at radius 1 is 1.08 bits per heavy atom. The first-order chi connectivity index (χ1) is 5.89. The minimum atomic E-state index is -0.200. The molecule has 0 rings (SSSR count). The Hall–Kier alpha value is -0.120. The van der Waals surface area contributed by atoms with Crippen LogP contribution in [-0.2, 0) is 4.74 Å². The normalized spacial score (nSPS) is 17.1. The van der Waals surface area contributed by atoms with E-state index in [9.17, 15) is 0 Å². The van der Waals surface area contributed by atoms with Gasteiger partial charge in [-0.3, -0.25) is 5.32 Å². The first-order valence-corrected chi connectivity index (χ1v) is 4.91. The monoisotopic (exact) mass is 188 g/mol. The van der Waals surface area contributed by atoms with Crippen LogP contribution in [0.1, 0.15) is 34.1 Å². The Balaban J connectivity index is 3.99. The summed E-state index contributed by atoms with van der Waals surface area (Å²) in [6, 6.07) is 0. The van der Waals surface area contributed by atoms with Crippen molar-refractivity contribution in [2.24, 2.45) is 0 Å². The molecule has 13 heavy (non-hydrogen) atoms. The van der Waals surface area contributed by atoms with Crippen LogP contribution in [0.4, 0.5) is 0 Å². The fourth-order valence-corrected chi connectivity index (χ4v) is 0.763. The van der Waals surface area contributed by atoms with E-state index in [1.54, 1.807) is 0 Å². The zero-order valence-electron chi connectivity index (χ0n) is 9.82. The molecule has 0 amide bonds. The molecule has 0 saturated heterocycles. The molecule has 0 saturated carbocycles. The number of hydrogen-bond donors (Lipinski definition) is 2. The maximum Gasteiger partial charge on any atom is 0.115 e. The molecule has 3 heteroatoms. The van der Waals surface area contributed by atoms with E-state index in [-0.39, 0.29) is 11.3 Å². The van der Waals surface area contributed by atoms with E-state index < -0.39 is 0 Å². The van der Waals surface area contributed by atoms with Gasteiger partial charge in [0.05, 0.1) is 6.61 Å². The molecule has 0 heterocycles. The van der Waals surface area contributed by atoms with E-state index in [4.69, 9.17) is 4.74 Å². The van der Waals surface area contributed by atoms with Gasteiger partial charge in [-0.2, -0.15) is 0 Å². The average Bonchev–Trinajstić information content (AvgIpc) is 2.14. The molecule has 0 aliphatic carbocycles. The maximum atomic E-state index is 5.81. The van der Waals surface area contributed by atoms with Crippen molar-refractivity contribution in [1.82, 2.24) is 10.6 Å². The van der Waals surface area contributed by atoms with Crippen molar-refractivity contribution in [2.45, 2.75) is 45.4 Å². The fourth-order valence-electron chi connectivity index (χ4n) is 0.763. The summed E-state index contributed by atoms with van der Waals surface area (Å²) in [5, 5.41) is 6.38. The van der Waals surface area contributed by atoms with Gasteiger partial charge in [0.25, 0.3) is 0 Å². The lowest BCUT2D eigenvalue weighted by Gasteiger charge is -2.33. The first-order valence-electron chi connectivity index (χ1n) is 4.91. The summed E-state index contributed by atoms with van der Waals surface area (Å²) in [6.45, 7) is 9.13. The number of rotatable bonds is 6. The van der Waals surface area contributed by atoms with Gasteiger partial charge in [0.2, 0.25) is 0 Å². The molecule has 0 aromatic rings. The zero-order valence-corrected chi connectivity index (χ0v) is 9.82. The van der Waals surface area contributed by atoms with Gasteiger partial charge in [-0.05, 0) is 41.3 Å². The topological polar surface area (TPSA) is 33.3 Å². The maximum absolute atomic E-state index is 5.81. The highest BCUT2D eigenvalue weighted by Gasteiger charge is 2.24. The van der Waals surface area contributed by atoms with Crippen LogP contribution in [0.3, 0.4) is 0 Å². The molecule has 0 aromatic carbocycles. The lowest BCUT2D eigenvalue weighted by Crippen LogP contribution is -2.49. The van der Waals surface area contributed by atoms with Gasteiger partial charge in [-0.15, -0.1) is 0 Å². The van der Waals surface area contributed by atoms with Crippen molar-refractivity contribution in [3.8, 4) is 0 Å². The quantitative estimate of drug-likeness (QED) is 0.617. The molecular formula is C10H24N2O. The number of hydrogen-bond acceptors (Lipinski definition) is 3. The lowest BCUT2D eigenvalue weighted by atomic mass is 10.1. The van der Waals surface area contributed by atoms with Crippen molar-refractivity contribution in [2.75, 3.05) is 20.7 Å². The number of likely N-dealkylation sites (N-methyl/N-ethyl adjacent to an activating group) is 1. The van der Waals surface area contributed by atoms with Crippen molar-refractivity contribution in [3.63, 3.8) is 0 Å². The predicted octanol–water partition coefficient (Wildman–Crippen LogP) is 1.35. The number of ether oxygens (including phenoxy) is 1.